The van der Waals surface area contributed by atoms with Crippen LogP contribution in [0.25, 0.3) is 0 Å². The van der Waals surface area contributed by atoms with Crippen molar-refractivity contribution in [1.82, 2.24) is 14.9 Å². The van der Waals surface area contributed by atoms with Gasteiger partial charge in [0.2, 0.25) is 0 Å². The molecule has 28 heavy (non-hydrogen) atoms. The molecule has 0 radical (unpaired) electrons. The third kappa shape index (κ3) is 4.62. The number of nitrogens with zero attached hydrogens (tertiary/aromatic N) is 2. The van der Waals surface area contributed by atoms with E-state index in [-0.39, 0.29) is 12.5 Å². The Morgan fingerprint density at radius 2 is 1.75 bits per heavy atom. The first-order chi connectivity index (χ1) is 13.6. The summed E-state index contributed by atoms with van der Waals surface area (Å²) >= 11 is 0. The molecule has 1 atom stereocenters. The number of ether oxygens (including phenoxy) is 3. The van der Waals surface area contributed by atoms with Gasteiger partial charge in [-0.1, -0.05) is 18.2 Å². The van der Waals surface area contributed by atoms with Crippen LogP contribution in [-0.2, 0) is 11.8 Å². The van der Waals surface area contributed by atoms with Crippen molar-refractivity contribution in [2.24, 2.45) is 7.05 Å². The minimum absolute atomic E-state index is 0.105. The topological polar surface area (TPSA) is 74.6 Å². The Labute approximate surface area is 163 Å². The number of aryl methyl sites for hydroxylation is 1. The zero-order valence-electron chi connectivity index (χ0n) is 16.1. The average molecular weight is 381 g/mol. The largest absolute Gasteiger partial charge is 0.497 e. The summed E-state index contributed by atoms with van der Waals surface area (Å²) in [6.45, 7) is -0.105. The molecule has 1 N–H and O–H groups in total. The molecule has 1 unspecified atom stereocenters. The van der Waals surface area contributed by atoms with Crippen LogP contribution in [0.4, 0.5) is 0 Å². The maximum Gasteiger partial charge on any atom is 0.258 e. The van der Waals surface area contributed by atoms with Crippen LogP contribution >= 0.6 is 0 Å². The molecular weight excluding hydrogens is 358 g/mol. The molecular formula is C21H23N3O4. The van der Waals surface area contributed by atoms with Gasteiger partial charge < -0.3 is 24.1 Å². The molecule has 146 valence electrons. The quantitative estimate of drug-likeness (QED) is 0.649. The molecule has 0 bridgehead atoms. The van der Waals surface area contributed by atoms with E-state index < -0.39 is 6.04 Å². The number of carbonyl (C=O) groups excluding carboxylic acids is 1. The number of hydrogen-bond donors (Lipinski definition) is 1. The van der Waals surface area contributed by atoms with E-state index in [0.717, 1.165) is 5.56 Å². The second-order valence-electron chi connectivity index (χ2n) is 6.14. The van der Waals surface area contributed by atoms with Gasteiger partial charge in [-0.25, -0.2) is 4.98 Å². The second kappa shape index (κ2) is 8.94. The number of aromatic nitrogens is 2. The fourth-order valence-corrected chi connectivity index (χ4v) is 2.82. The Morgan fingerprint density at radius 3 is 2.32 bits per heavy atom. The molecule has 1 amide bonds. The zero-order chi connectivity index (χ0) is 19.9. The SMILES string of the molecule is COc1cc(OC)cc(C(NC(=O)COc2ccccc2)c2nccn2C)c1. The minimum Gasteiger partial charge on any atom is -0.497 e. The van der Waals surface area contributed by atoms with E-state index in [4.69, 9.17) is 14.2 Å². The first-order valence-corrected chi connectivity index (χ1v) is 8.78. The number of nitrogens with one attached hydrogen (secondary N) is 1. The summed E-state index contributed by atoms with van der Waals surface area (Å²) in [6.07, 6.45) is 3.51. The van der Waals surface area contributed by atoms with Gasteiger partial charge in [-0.3, -0.25) is 4.79 Å². The number of carbonyl (C=O) groups is 1. The van der Waals surface area contributed by atoms with Gasteiger partial charge in [-0.05, 0) is 29.8 Å². The highest BCUT2D eigenvalue weighted by molar-refractivity contribution is 5.78. The molecule has 0 fully saturated rings. The van der Waals surface area contributed by atoms with Gasteiger partial charge in [0.1, 0.15) is 29.1 Å². The van der Waals surface area contributed by atoms with Crippen LogP contribution in [0.5, 0.6) is 17.2 Å². The Hall–Kier alpha value is -3.48. The summed E-state index contributed by atoms with van der Waals surface area (Å²) in [4.78, 5) is 17.0. The fourth-order valence-electron chi connectivity index (χ4n) is 2.82. The van der Waals surface area contributed by atoms with Crippen molar-refractivity contribution in [3.63, 3.8) is 0 Å². The maximum absolute atomic E-state index is 12.6. The van der Waals surface area contributed by atoms with Crippen LogP contribution in [0.1, 0.15) is 17.4 Å². The summed E-state index contributed by atoms with van der Waals surface area (Å²) < 4.78 is 18.1. The van der Waals surface area contributed by atoms with Gasteiger partial charge in [0.05, 0.1) is 14.2 Å². The molecule has 2 aromatic carbocycles. The molecule has 0 spiro atoms. The Balaban J connectivity index is 1.84. The summed E-state index contributed by atoms with van der Waals surface area (Å²) in [5, 5.41) is 2.99. The smallest absolute Gasteiger partial charge is 0.258 e. The standard InChI is InChI=1S/C21H23N3O4/c1-24-10-9-22-21(24)20(15-11-17(26-2)13-18(12-15)27-3)23-19(25)14-28-16-7-5-4-6-8-16/h4-13,20H,14H2,1-3H3,(H,23,25). The number of amides is 1. The zero-order valence-corrected chi connectivity index (χ0v) is 16.1. The number of hydrogen-bond acceptors (Lipinski definition) is 5. The van der Waals surface area contributed by atoms with Crippen LogP contribution in [0.2, 0.25) is 0 Å². The van der Waals surface area contributed by atoms with Gasteiger partial charge >= 0.3 is 0 Å². The number of rotatable bonds is 8. The number of para-hydroxylation sites is 1. The summed E-state index contributed by atoms with van der Waals surface area (Å²) in [7, 11) is 5.04. The van der Waals surface area contributed by atoms with Gasteiger partial charge in [-0.2, -0.15) is 0 Å². The van der Waals surface area contributed by atoms with Crippen molar-refractivity contribution < 1.29 is 19.0 Å². The summed E-state index contributed by atoms with van der Waals surface area (Å²) in [5.74, 6) is 2.31. The highest BCUT2D eigenvalue weighted by atomic mass is 16.5. The molecule has 0 aliphatic carbocycles. The third-order valence-electron chi connectivity index (χ3n) is 4.24. The monoisotopic (exact) mass is 381 g/mol. The number of benzene rings is 2. The molecule has 3 aromatic rings. The lowest BCUT2D eigenvalue weighted by atomic mass is 10.0. The molecule has 7 heteroatoms. The van der Waals surface area contributed by atoms with Crippen molar-refractivity contribution in [3.05, 3.63) is 72.3 Å². The highest BCUT2D eigenvalue weighted by Gasteiger charge is 2.22. The Bertz CT molecular complexity index is 902. The van der Waals surface area contributed by atoms with Crippen LogP contribution < -0.4 is 19.5 Å². The van der Waals surface area contributed by atoms with Crippen LogP contribution in [0.15, 0.2) is 60.9 Å². The van der Waals surface area contributed by atoms with Crippen LogP contribution in [0.3, 0.4) is 0 Å². The molecule has 0 saturated heterocycles. The maximum atomic E-state index is 12.6. The molecule has 7 nitrogen and oxygen atoms in total. The molecule has 0 aliphatic rings. The van der Waals surface area contributed by atoms with E-state index in [2.05, 4.69) is 10.3 Å². The van der Waals surface area contributed by atoms with Gasteiger partial charge in [0.25, 0.3) is 5.91 Å². The predicted molar refractivity (Wildman–Crippen MR) is 105 cm³/mol. The van der Waals surface area contributed by atoms with Crippen LogP contribution in [-0.4, -0.2) is 36.3 Å². The van der Waals surface area contributed by atoms with E-state index >= 15 is 0 Å². The lowest BCUT2D eigenvalue weighted by molar-refractivity contribution is -0.123. The van der Waals surface area contributed by atoms with Gasteiger partial charge in [0, 0.05) is 25.5 Å². The highest BCUT2D eigenvalue weighted by Crippen LogP contribution is 2.29. The van der Waals surface area contributed by atoms with E-state index in [1.807, 2.05) is 48.1 Å². The minimum atomic E-state index is -0.490. The van der Waals surface area contributed by atoms with E-state index in [1.165, 1.54) is 0 Å². The van der Waals surface area contributed by atoms with Gasteiger partial charge in [-0.15, -0.1) is 0 Å². The molecule has 1 aromatic heterocycles. The van der Waals surface area contributed by atoms with Crippen molar-refractivity contribution in [3.8, 4) is 17.2 Å². The van der Waals surface area contributed by atoms with E-state index in [9.17, 15) is 4.79 Å². The van der Waals surface area contributed by atoms with Crippen molar-refractivity contribution in [2.75, 3.05) is 20.8 Å². The lowest BCUT2D eigenvalue weighted by Crippen LogP contribution is -2.34. The summed E-state index contributed by atoms with van der Waals surface area (Å²) in [6, 6.07) is 14.2. The lowest BCUT2D eigenvalue weighted by Gasteiger charge is -2.20. The normalized spacial score (nSPS) is 11.5. The fraction of sp³-hybridized carbons (Fsp3) is 0.238. The number of imidazole rings is 1. The van der Waals surface area contributed by atoms with E-state index in [1.54, 1.807) is 38.6 Å². The second-order valence-corrected chi connectivity index (χ2v) is 6.14. The molecule has 0 aliphatic heterocycles. The average Bonchev–Trinajstić information content (AvgIpc) is 3.16. The van der Waals surface area contributed by atoms with Gasteiger partial charge in [0.15, 0.2) is 6.61 Å². The molecule has 0 saturated carbocycles. The van der Waals surface area contributed by atoms with Crippen molar-refractivity contribution in [1.29, 1.82) is 0 Å². The Morgan fingerprint density at radius 1 is 1.07 bits per heavy atom. The van der Waals surface area contributed by atoms with Crippen molar-refractivity contribution >= 4 is 5.91 Å². The predicted octanol–water partition coefficient (Wildman–Crippen LogP) is 2.72. The van der Waals surface area contributed by atoms with Crippen molar-refractivity contribution in [2.45, 2.75) is 6.04 Å². The molecule has 3 rings (SSSR count). The van der Waals surface area contributed by atoms with E-state index in [0.29, 0.717) is 23.1 Å². The number of methoxy groups -OCH3 is 2. The van der Waals surface area contributed by atoms with Crippen LogP contribution in [0, 0.1) is 0 Å². The molecule has 1 heterocycles. The first kappa shape index (κ1) is 19.3. The third-order valence-corrected chi connectivity index (χ3v) is 4.24. The first-order valence-electron chi connectivity index (χ1n) is 8.78. The Kier molecular flexibility index (Phi) is 6.16. The summed E-state index contributed by atoms with van der Waals surface area (Å²) in [5.41, 5.74) is 0.790.